The lowest BCUT2D eigenvalue weighted by atomic mass is 10.3. The summed E-state index contributed by atoms with van der Waals surface area (Å²) in [5.74, 6) is -0.706. The molecule has 0 fully saturated rings. The van der Waals surface area contributed by atoms with Crippen LogP contribution in [0.1, 0.15) is 6.92 Å². The predicted molar refractivity (Wildman–Crippen MR) is 59.2 cm³/mol. The molecule has 1 rings (SSSR count). The van der Waals surface area contributed by atoms with Gasteiger partial charge in [0.25, 0.3) is 0 Å². The Morgan fingerprint density at radius 3 is 2.93 bits per heavy atom. The van der Waals surface area contributed by atoms with E-state index in [9.17, 15) is 9.18 Å². The van der Waals surface area contributed by atoms with E-state index < -0.39 is 5.82 Å². The fourth-order valence-corrected chi connectivity index (χ4v) is 1.21. The first-order chi connectivity index (χ1) is 7.13. The number of hydrogen-bond acceptors (Lipinski definition) is 2. The number of ether oxygens (including phenoxy) is 1. The van der Waals surface area contributed by atoms with Crippen LogP contribution >= 0.6 is 15.9 Å². The van der Waals surface area contributed by atoms with Crippen LogP contribution in [0.2, 0.25) is 0 Å². The van der Waals surface area contributed by atoms with Gasteiger partial charge in [-0.3, -0.25) is 4.79 Å². The normalized spacial score (nSPS) is 10.1. The average Bonchev–Trinajstić information content (AvgIpc) is 2.20. The molecule has 0 aliphatic rings. The maximum absolute atomic E-state index is 13.1. The lowest BCUT2D eigenvalue weighted by molar-refractivity contribution is -0.120. The molecule has 1 N–H and O–H groups in total. The second-order valence-corrected chi connectivity index (χ2v) is 3.67. The van der Waals surface area contributed by atoms with E-state index in [4.69, 9.17) is 4.74 Å². The second-order valence-electron chi connectivity index (χ2n) is 2.81. The minimum Gasteiger partial charge on any atom is -0.372 e. The Morgan fingerprint density at radius 2 is 2.33 bits per heavy atom. The number of hydrogen-bond donors (Lipinski definition) is 1. The van der Waals surface area contributed by atoms with Crippen LogP contribution < -0.4 is 5.32 Å². The van der Waals surface area contributed by atoms with Crippen LogP contribution in [0.5, 0.6) is 0 Å². The molecule has 1 aromatic rings. The zero-order valence-electron chi connectivity index (χ0n) is 8.22. The Bertz CT molecular complexity index is 357. The molecule has 0 aliphatic heterocycles. The monoisotopic (exact) mass is 275 g/mol. The second kappa shape index (κ2) is 5.82. The molecule has 0 heterocycles. The summed E-state index contributed by atoms with van der Waals surface area (Å²) >= 11 is 3.03. The maximum atomic E-state index is 13.1. The summed E-state index contributed by atoms with van der Waals surface area (Å²) < 4.78 is 18.3. The topological polar surface area (TPSA) is 38.3 Å². The predicted octanol–water partition coefficient (Wildman–Crippen LogP) is 2.56. The number of carbonyl (C=O) groups is 1. The van der Waals surface area contributed by atoms with Crippen molar-refractivity contribution in [1.82, 2.24) is 0 Å². The van der Waals surface area contributed by atoms with E-state index in [-0.39, 0.29) is 12.5 Å². The summed E-state index contributed by atoms with van der Waals surface area (Å²) in [6.07, 6.45) is 0. The van der Waals surface area contributed by atoms with E-state index in [0.29, 0.717) is 16.8 Å². The Kier molecular flexibility index (Phi) is 4.71. The number of amides is 1. The molecule has 0 spiro atoms. The molecule has 0 saturated carbocycles. The van der Waals surface area contributed by atoms with Gasteiger partial charge in [-0.2, -0.15) is 0 Å². The fraction of sp³-hybridized carbons (Fsp3) is 0.300. The molecule has 0 atom stereocenters. The van der Waals surface area contributed by atoms with E-state index >= 15 is 0 Å². The van der Waals surface area contributed by atoms with Crippen LogP contribution in [-0.2, 0) is 9.53 Å². The largest absolute Gasteiger partial charge is 0.372 e. The molecule has 0 aromatic heterocycles. The lowest BCUT2D eigenvalue weighted by Crippen LogP contribution is -2.18. The van der Waals surface area contributed by atoms with Crippen molar-refractivity contribution in [2.24, 2.45) is 0 Å². The van der Waals surface area contributed by atoms with Gasteiger partial charge in [0, 0.05) is 12.3 Å². The molecule has 3 nitrogen and oxygen atoms in total. The number of halogens is 2. The molecule has 0 aliphatic carbocycles. The highest BCUT2D eigenvalue weighted by Crippen LogP contribution is 2.19. The molecule has 0 unspecified atom stereocenters. The van der Waals surface area contributed by atoms with Gasteiger partial charge in [-0.1, -0.05) is 0 Å². The van der Waals surface area contributed by atoms with E-state index in [0.717, 1.165) is 0 Å². The van der Waals surface area contributed by atoms with Crippen LogP contribution in [0.4, 0.5) is 10.1 Å². The van der Waals surface area contributed by atoms with Gasteiger partial charge in [-0.25, -0.2) is 4.39 Å². The minimum absolute atomic E-state index is 0.0197. The molecule has 0 radical (unpaired) electrons. The molecule has 5 heteroatoms. The Labute approximate surface area is 95.7 Å². The first-order valence-corrected chi connectivity index (χ1v) is 5.25. The van der Waals surface area contributed by atoms with Gasteiger partial charge in [-0.15, -0.1) is 0 Å². The highest BCUT2D eigenvalue weighted by Gasteiger charge is 2.04. The maximum Gasteiger partial charge on any atom is 0.250 e. The Balaban J connectivity index is 2.57. The SMILES string of the molecule is CCOCC(=O)Nc1ccc(Br)c(F)c1. The highest BCUT2D eigenvalue weighted by molar-refractivity contribution is 9.10. The van der Waals surface area contributed by atoms with Crippen LogP contribution in [0.25, 0.3) is 0 Å². The van der Waals surface area contributed by atoms with Crippen molar-refractivity contribution in [2.45, 2.75) is 6.92 Å². The van der Waals surface area contributed by atoms with Crippen molar-refractivity contribution in [1.29, 1.82) is 0 Å². The van der Waals surface area contributed by atoms with Crippen molar-refractivity contribution >= 4 is 27.5 Å². The van der Waals surface area contributed by atoms with Crippen molar-refractivity contribution in [3.8, 4) is 0 Å². The van der Waals surface area contributed by atoms with Gasteiger partial charge >= 0.3 is 0 Å². The fourth-order valence-electron chi connectivity index (χ4n) is 0.966. The number of nitrogens with one attached hydrogen (secondary N) is 1. The molecular weight excluding hydrogens is 265 g/mol. The third-order valence-electron chi connectivity index (χ3n) is 1.64. The van der Waals surface area contributed by atoms with Gasteiger partial charge < -0.3 is 10.1 Å². The Hall–Kier alpha value is -0.940. The minimum atomic E-state index is -0.413. The summed E-state index contributed by atoms with van der Waals surface area (Å²) in [4.78, 5) is 11.2. The molecule has 0 bridgehead atoms. The summed E-state index contributed by atoms with van der Waals surface area (Å²) in [6.45, 7) is 2.25. The van der Waals surface area contributed by atoms with Crippen LogP contribution in [0, 0.1) is 5.82 Å². The van der Waals surface area contributed by atoms with Crippen molar-refractivity contribution < 1.29 is 13.9 Å². The summed E-state index contributed by atoms with van der Waals surface area (Å²) in [5, 5.41) is 2.52. The van der Waals surface area contributed by atoms with E-state index in [1.54, 1.807) is 13.0 Å². The quantitative estimate of drug-likeness (QED) is 0.917. The molecule has 1 amide bonds. The molecular formula is C10H11BrFNO2. The summed E-state index contributed by atoms with van der Waals surface area (Å²) in [5.41, 5.74) is 0.417. The van der Waals surface area contributed by atoms with Crippen molar-refractivity contribution in [2.75, 3.05) is 18.5 Å². The van der Waals surface area contributed by atoms with Crippen LogP contribution in [-0.4, -0.2) is 19.1 Å². The molecule has 82 valence electrons. The van der Waals surface area contributed by atoms with E-state index in [1.165, 1.54) is 12.1 Å². The van der Waals surface area contributed by atoms with Gasteiger partial charge in [0.1, 0.15) is 12.4 Å². The number of benzene rings is 1. The van der Waals surface area contributed by atoms with Crippen molar-refractivity contribution in [3.05, 3.63) is 28.5 Å². The number of rotatable bonds is 4. The summed E-state index contributed by atoms with van der Waals surface area (Å²) in [7, 11) is 0. The van der Waals surface area contributed by atoms with Gasteiger partial charge in [0.15, 0.2) is 0 Å². The zero-order chi connectivity index (χ0) is 11.3. The van der Waals surface area contributed by atoms with E-state index in [1.807, 2.05) is 0 Å². The molecule has 0 saturated heterocycles. The zero-order valence-corrected chi connectivity index (χ0v) is 9.80. The van der Waals surface area contributed by atoms with Crippen LogP contribution in [0.15, 0.2) is 22.7 Å². The summed E-state index contributed by atoms with van der Waals surface area (Å²) in [6, 6.07) is 4.39. The van der Waals surface area contributed by atoms with Crippen LogP contribution in [0.3, 0.4) is 0 Å². The van der Waals surface area contributed by atoms with Gasteiger partial charge in [0.2, 0.25) is 5.91 Å². The highest BCUT2D eigenvalue weighted by atomic mass is 79.9. The third kappa shape index (κ3) is 3.97. The smallest absolute Gasteiger partial charge is 0.250 e. The standard InChI is InChI=1S/C10H11BrFNO2/c1-2-15-6-10(14)13-7-3-4-8(11)9(12)5-7/h3-5H,2,6H2,1H3,(H,13,14). The third-order valence-corrected chi connectivity index (χ3v) is 2.28. The lowest BCUT2D eigenvalue weighted by Gasteiger charge is -2.05. The average molecular weight is 276 g/mol. The molecule has 15 heavy (non-hydrogen) atoms. The number of carbonyl (C=O) groups excluding carboxylic acids is 1. The van der Waals surface area contributed by atoms with E-state index in [2.05, 4.69) is 21.2 Å². The van der Waals surface area contributed by atoms with Crippen molar-refractivity contribution in [3.63, 3.8) is 0 Å². The first-order valence-electron chi connectivity index (χ1n) is 4.46. The number of anilines is 1. The van der Waals surface area contributed by atoms with Gasteiger partial charge in [-0.05, 0) is 41.1 Å². The first kappa shape index (κ1) is 12.1. The molecule has 1 aromatic carbocycles. The van der Waals surface area contributed by atoms with Gasteiger partial charge in [0.05, 0.1) is 4.47 Å². The Morgan fingerprint density at radius 1 is 1.60 bits per heavy atom.